The predicted octanol–water partition coefficient (Wildman–Crippen LogP) is 2.49. The van der Waals surface area contributed by atoms with Crippen molar-refractivity contribution in [3.05, 3.63) is 35.4 Å². The molecule has 1 rings (SSSR count). The van der Waals surface area contributed by atoms with E-state index < -0.39 is 0 Å². The van der Waals surface area contributed by atoms with Crippen molar-refractivity contribution in [3.63, 3.8) is 0 Å². The molecule has 0 aliphatic heterocycles. The van der Waals surface area contributed by atoms with Crippen molar-refractivity contribution in [1.29, 1.82) is 0 Å². The summed E-state index contributed by atoms with van der Waals surface area (Å²) in [6, 6.07) is 7.02. The maximum Gasteiger partial charge on any atom is 0.337 e. The third-order valence-electron chi connectivity index (χ3n) is 3.19. The Balaban J connectivity index is 2.64. The highest BCUT2D eigenvalue weighted by atomic mass is 16.5. The van der Waals surface area contributed by atoms with Gasteiger partial charge in [0.05, 0.1) is 19.3 Å². The van der Waals surface area contributed by atoms with Crippen LogP contribution in [-0.2, 0) is 19.1 Å². The number of hydrogen-bond acceptors (Lipinski definition) is 5. The SMILES string of the molecule is COC(=O)c1ccc(C(CC=O)CCCOC(C)=O)cc1. The molecule has 5 heteroatoms. The van der Waals surface area contributed by atoms with Crippen LogP contribution in [0.1, 0.15) is 48.0 Å². The molecular formula is C16H20O5. The molecule has 21 heavy (non-hydrogen) atoms. The molecule has 1 atom stereocenters. The van der Waals surface area contributed by atoms with E-state index in [4.69, 9.17) is 4.74 Å². The van der Waals surface area contributed by atoms with Gasteiger partial charge in [0, 0.05) is 13.3 Å². The zero-order valence-corrected chi connectivity index (χ0v) is 12.3. The van der Waals surface area contributed by atoms with E-state index in [-0.39, 0.29) is 17.9 Å². The lowest BCUT2D eigenvalue weighted by Crippen LogP contribution is -2.06. The third-order valence-corrected chi connectivity index (χ3v) is 3.19. The van der Waals surface area contributed by atoms with E-state index >= 15 is 0 Å². The van der Waals surface area contributed by atoms with Crippen LogP contribution in [0.25, 0.3) is 0 Å². The number of carbonyl (C=O) groups is 3. The summed E-state index contributed by atoms with van der Waals surface area (Å²) in [6.07, 6.45) is 2.71. The monoisotopic (exact) mass is 292 g/mol. The molecule has 0 bridgehead atoms. The summed E-state index contributed by atoms with van der Waals surface area (Å²) in [5.41, 5.74) is 1.46. The van der Waals surface area contributed by atoms with Crippen LogP contribution in [0.15, 0.2) is 24.3 Å². The second-order valence-electron chi connectivity index (χ2n) is 4.70. The van der Waals surface area contributed by atoms with Gasteiger partial charge < -0.3 is 14.3 Å². The Labute approximate surface area is 124 Å². The minimum absolute atomic E-state index is 0.0600. The molecule has 0 amide bonds. The Hall–Kier alpha value is -2.17. The first-order valence-corrected chi connectivity index (χ1v) is 6.83. The molecule has 0 heterocycles. The lowest BCUT2D eigenvalue weighted by Gasteiger charge is -2.15. The summed E-state index contributed by atoms with van der Waals surface area (Å²) in [7, 11) is 1.33. The molecule has 1 aromatic rings. The number of methoxy groups -OCH3 is 1. The molecule has 0 radical (unpaired) electrons. The second kappa shape index (κ2) is 8.89. The van der Waals surface area contributed by atoms with Crippen molar-refractivity contribution in [2.75, 3.05) is 13.7 Å². The van der Waals surface area contributed by atoms with Gasteiger partial charge in [0.25, 0.3) is 0 Å². The van der Waals surface area contributed by atoms with Crippen molar-refractivity contribution < 1.29 is 23.9 Å². The van der Waals surface area contributed by atoms with Gasteiger partial charge in [0.2, 0.25) is 0 Å². The number of carbonyl (C=O) groups excluding carboxylic acids is 3. The first kappa shape index (κ1) is 16.9. The summed E-state index contributed by atoms with van der Waals surface area (Å²) in [6.45, 7) is 1.72. The van der Waals surface area contributed by atoms with E-state index in [1.54, 1.807) is 12.1 Å². The Morgan fingerprint density at radius 1 is 1.24 bits per heavy atom. The van der Waals surface area contributed by atoms with Crippen molar-refractivity contribution in [1.82, 2.24) is 0 Å². The molecule has 0 aromatic heterocycles. The van der Waals surface area contributed by atoms with Crippen LogP contribution in [0.3, 0.4) is 0 Å². The van der Waals surface area contributed by atoms with Crippen LogP contribution >= 0.6 is 0 Å². The predicted molar refractivity (Wildman–Crippen MR) is 77.1 cm³/mol. The van der Waals surface area contributed by atoms with Crippen molar-refractivity contribution >= 4 is 18.2 Å². The standard InChI is InChI=1S/C16H20O5/c1-12(18)21-11-3-4-13(9-10-17)14-5-7-15(8-6-14)16(19)20-2/h5-8,10,13H,3-4,9,11H2,1-2H3. The first-order valence-electron chi connectivity index (χ1n) is 6.83. The third kappa shape index (κ3) is 5.77. The number of esters is 2. The van der Waals surface area contributed by atoms with E-state index in [0.29, 0.717) is 25.0 Å². The minimum atomic E-state index is -0.386. The zero-order chi connectivity index (χ0) is 15.7. The highest BCUT2D eigenvalue weighted by Gasteiger charge is 2.13. The molecule has 0 spiro atoms. The number of ether oxygens (including phenoxy) is 2. The number of hydrogen-bond donors (Lipinski definition) is 0. The van der Waals surface area contributed by atoms with Crippen LogP contribution in [0.2, 0.25) is 0 Å². The zero-order valence-electron chi connectivity index (χ0n) is 12.3. The lowest BCUT2D eigenvalue weighted by atomic mass is 9.91. The smallest absolute Gasteiger partial charge is 0.337 e. The summed E-state index contributed by atoms with van der Waals surface area (Å²) in [5, 5.41) is 0. The summed E-state index contributed by atoms with van der Waals surface area (Å²) < 4.78 is 9.53. The van der Waals surface area contributed by atoms with Crippen LogP contribution in [0.5, 0.6) is 0 Å². The highest BCUT2D eigenvalue weighted by molar-refractivity contribution is 5.89. The molecular weight excluding hydrogens is 272 g/mol. The molecule has 0 aliphatic rings. The molecule has 114 valence electrons. The number of rotatable bonds is 8. The largest absolute Gasteiger partial charge is 0.466 e. The van der Waals surface area contributed by atoms with Gasteiger partial charge in [0.1, 0.15) is 6.29 Å². The van der Waals surface area contributed by atoms with Crippen molar-refractivity contribution in [3.8, 4) is 0 Å². The Bertz CT molecular complexity index is 478. The van der Waals surface area contributed by atoms with E-state index in [9.17, 15) is 14.4 Å². The molecule has 0 N–H and O–H groups in total. The van der Waals surface area contributed by atoms with Crippen LogP contribution in [0, 0.1) is 0 Å². The van der Waals surface area contributed by atoms with Gasteiger partial charge in [-0.3, -0.25) is 4.79 Å². The molecule has 1 unspecified atom stereocenters. The van der Waals surface area contributed by atoms with Gasteiger partial charge in [-0.15, -0.1) is 0 Å². The molecule has 1 aromatic carbocycles. The minimum Gasteiger partial charge on any atom is -0.466 e. The molecule has 0 fully saturated rings. The lowest BCUT2D eigenvalue weighted by molar-refractivity contribution is -0.141. The van der Waals surface area contributed by atoms with Gasteiger partial charge in [0.15, 0.2) is 0 Å². The summed E-state index contributed by atoms with van der Waals surface area (Å²) >= 11 is 0. The fraction of sp³-hybridized carbons (Fsp3) is 0.438. The van der Waals surface area contributed by atoms with Gasteiger partial charge in [-0.25, -0.2) is 4.79 Å². The van der Waals surface area contributed by atoms with Crippen molar-refractivity contribution in [2.24, 2.45) is 0 Å². The van der Waals surface area contributed by atoms with Crippen LogP contribution in [0.4, 0.5) is 0 Å². The van der Waals surface area contributed by atoms with E-state index in [1.807, 2.05) is 12.1 Å². The topological polar surface area (TPSA) is 69.7 Å². The highest BCUT2D eigenvalue weighted by Crippen LogP contribution is 2.24. The normalized spacial score (nSPS) is 11.5. The molecule has 5 nitrogen and oxygen atoms in total. The van der Waals surface area contributed by atoms with Crippen molar-refractivity contribution in [2.45, 2.75) is 32.1 Å². The fourth-order valence-corrected chi connectivity index (χ4v) is 2.09. The van der Waals surface area contributed by atoms with E-state index in [2.05, 4.69) is 4.74 Å². The molecule has 0 saturated carbocycles. The number of aldehydes is 1. The summed E-state index contributed by atoms with van der Waals surface area (Å²) in [4.78, 5) is 32.9. The maximum atomic E-state index is 11.4. The maximum absolute atomic E-state index is 11.4. The summed E-state index contributed by atoms with van der Waals surface area (Å²) in [5.74, 6) is -0.627. The molecule has 0 saturated heterocycles. The van der Waals surface area contributed by atoms with E-state index in [0.717, 1.165) is 18.3 Å². The Kier molecular flexibility index (Phi) is 7.15. The van der Waals surface area contributed by atoms with Gasteiger partial charge >= 0.3 is 11.9 Å². The second-order valence-corrected chi connectivity index (χ2v) is 4.70. The first-order chi connectivity index (χ1) is 10.1. The molecule has 0 aliphatic carbocycles. The van der Waals surface area contributed by atoms with Crippen LogP contribution in [-0.4, -0.2) is 31.9 Å². The van der Waals surface area contributed by atoms with Crippen LogP contribution < -0.4 is 0 Å². The fourth-order valence-electron chi connectivity index (χ4n) is 2.09. The number of benzene rings is 1. The van der Waals surface area contributed by atoms with Gasteiger partial charge in [-0.05, 0) is 36.5 Å². The van der Waals surface area contributed by atoms with Gasteiger partial charge in [-0.1, -0.05) is 12.1 Å². The quantitative estimate of drug-likeness (QED) is 0.418. The Morgan fingerprint density at radius 3 is 2.43 bits per heavy atom. The van der Waals surface area contributed by atoms with E-state index in [1.165, 1.54) is 14.0 Å². The average molecular weight is 292 g/mol. The van der Waals surface area contributed by atoms with Gasteiger partial charge in [-0.2, -0.15) is 0 Å². The Morgan fingerprint density at radius 2 is 1.90 bits per heavy atom. The average Bonchev–Trinajstić information content (AvgIpc) is 2.49.